The molecule has 3 aromatic rings. The zero-order valence-electron chi connectivity index (χ0n) is 13.1. The van der Waals surface area contributed by atoms with E-state index in [2.05, 4.69) is 5.32 Å². The van der Waals surface area contributed by atoms with E-state index in [1.807, 2.05) is 12.1 Å². The second-order valence-corrected chi connectivity index (χ2v) is 5.58. The van der Waals surface area contributed by atoms with E-state index in [1.165, 1.54) is 12.1 Å². The topological polar surface area (TPSA) is 94.8 Å². The van der Waals surface area contributed by atoms with Crippen LogP contribution in [0.4, 0.5) is 5.69 Å². The van der Waals surface area contributed by atoms with Crippen LogP contribution in [0.1, 0.15) is 27.2 Å². The first-order chi connectivity index (χ1) is 12.0. The van der Waals surface area contributed by atoms with Crippen LogP contribution in [0.3, 0.4) is 0 Å². The number of nitrogens with zero attached hydrogens (tertiary/aromatic N) is 3. The highest BCUT2D eigenvalue weighted by Gasteiger charge is 2.24. The van der Waals surface area contributed by atoms with Crippen molar-refractivity contribution >= 4 is 23.2 Å². The highest BCUT2D eigenvalue weighted by molar-refractivity contribution is 6.31. The number of halogens is 1. The molecule has 0 saturated carbocycles. The van der Waals surface area contributed by atoms with Crippen molar-refractivity contribution in [3.63, 3.8) is 0 Å². The molecule has 2 heterocycles. The fraction of sp³-hybridized carbons (Fsp3) is 0.0556. The Bertz CT molecular complexity index is 1040. The predicted octanol–water partition coefficient (Wildman–Crippen LogP) is 4.03. The van der Waals surface area contributed by atoms with Crippen molar-refractivity contribution in [2.45, 2.75) is 6.92 Å². The number of anilines is 1. The molecule has 0 spiro atoms. The van der Waals surface area contributed by atoms with E-state index in [0.717, 1.165) is 0 Å². The summed E-state index contributed by atoms with van der Waals surface area (Å²) in [5.41, 5.74) is 0.940. The van der Waals surface area contributed by atoms with E-state index in [9.17, 15) is 10.1 Å². The molecular formula is C18H11ClN4O2. The fourth-order valence-electron chi connectivity index (χ4n) is 2.44. The molecule has 0 fully saturated rings. The maximum Gasteiger partial charge on any atom is 0.260 e. The van der Waals surface area contributed by atoms with Gasteiger partial charge in [-0.1, -0.05) is 11.6 Å². The van der Waals surface area contributed by atoms with Crippen LogP contribution in [-0.4, -0.2) is 10.5 Å². The molecule has 1 N–H and O–H groups in total. The van der Waals surface area contributed by atoms with Gasteiger partial charge < -0.3 is 9.73 Å². The van der Waals surface area contributed by atoms with Crippen LogP contribution in [0.5, 0.6) is 0 Å². The minimum atomic E-state index is -0.498. The third-order valence-electron chi connectivity index (χ3n) is 3.59. The van der Waals surface area contributed by atoms with Crippen molar-refractivity contribution in [3.8, 4) is 18.0 Å². The minimum Gasteiger partial charge on any atom is -0.443 e. The first kappa shape index (κ1) is 16.4. The zero-order chi connectivity index (χ0) is 18.0. The largest absolute Gasteiger partial charge is 0.443 e. The number of carbonyl (C=O) groups is 1. The summed E-state index contributed by atoms with van der Waals surface area (Å²) in [5.74, 6) is 0.110. The number of nitriles is 2. The SMILES string of the molecule is Cc1oc(-n2cccc2)c(C#N)c1C(=O)Nc1ccc(Cl)c(C#N)c1. The molecule has 3 rings (SSSR count). The summed E-state index contributed by atoms with van der Waals surface area (Å²) in [6.45, 7) is 1.62. The molecule has 0 radical (unpaired) electrons. The molecule has 0 atom stereocenters. The number of amides is 1. The van der Waals surface area contributed by atoms with Crippen molar-refractivity contribution in [2.75, 3.05) is 5.32 Å². The van der Waals surface area contributed by atoms with E-state index < -0.39 is 5.91 Å². The molecule has 0 unspecified atom stereocenters. The Morgan fingerprint density at radius 2 is 1.96 bits per heavy atom. The summed E-state index contributed by atoms with van der Waals surface area (Å²) in [7, 11) is 0. The van der Waals surface area contributed by atoms with Crippen LogP contribution >= 0.6 is 11.6 Å². The second kappa shape index (κ2) is 6.56. The molecule has 1 amide bonds. The lowest BCUT2D eigenvalue weighted by atomic mass is 10.1. The molecule has 0 saturated heterocycles. The number of furan rings is 1. The molecule has 0 bridgehead atoms. The summed E-state index contributed by atoms with van der Waals surface area (Å²) >= 11 is 5.89. The molecule has 2 aromatic heterocycles. The van der Waals surface area contributed by atoms with Gasteiger partial charge in [0.1, 0.15) is 29.0 Å². The molecule has 25 heavy (non-hydrogen) atoms. The normalized spacial score (nSPS) is 10.1. The number of hydrogen-bond donors (Lipinski definition) is 1. The number of aryl methyl sites for hydroxylation is 1. The molecule has 0 aliphatic rings. The van der Waals surface area contributed by atoms with Gasteiger partial charge in [-0.15, -0.1) is 0 Å². The number of rotatable bonds is 3. The van der Waals surface area contributed by atoms with Crippen LogP contribution in [-0.2, 0) is 0 Å². The molecule has 6 nitrogen and oxygen atoms in total. The fourth-order valence-corrected chi connectivity index (χ4v) is 2.60. The first-order valence-corrected chi connectivity index (χ1v) is 7.60. The number of benzene rings is 1. The van der Waals surface area contributed by atoms with Crippen molar-refractivity contribution in [1.82, 2.24) is 4.57 Å². The van der Waals surface area contributed by atoms with E-state index >= 15 is 0 Å². The molecule has 0 aliphatic heterocycles. The minimum absolute atomic E-state index is 0.140. The van der Waals surface area contributed by atoms with Crippen LogP contribution in [0.2, 0.25) is 5.02 Å². The van der Waals surface area contributed by atoms with E-state index in [0.29, 0.717) is 16.5 Å². The van der Waals surface area contributed by atoms with Gasteiger partial charge in [-0.2, -0.15) is 10.5 Å². The Morgan fingerprint density at radius 3 is 2.60 bits per heavy atom. The zero-order valence-corrected chi connectivity index (χ0v) is 13.8. The van der Waals surface area contributed by atoms with Gasteiger partial charge in [-0.3, -0.25) is 9.36 Å². The summed E-state index contributed by atoms with van der Waals surface area (Å²) in [5, 5.41) is 21.5. The Hall–Kier alpha value is -3.48. The predicted molar refractivity (Wildman–Crippen MR) is 91.6 cm³/mol. The van der Waals surface area contributed by atoms with Gasteiger partial charge in [0.15, 0.2) is 0 Å². The molecule has 1 aromatic carbocycles. The maximum atomic E-state index is 12.6. The Kier molecular flexibility index (Phi) is 4.30. The van der Waals surface area contributed by atoms with Gasteiger partial charge in [0.25, 0.3) is 5.91 Å². The van der Waals surface area contributed by atoms with E-state index in [-0.39, 0.29) is 22.6 Å². The van der Waals surface area contributed by atoms with Gasteiger partial charge >= 0.3 is 0 Å². The standard InChI is InChI=1S/C18H11ClN4O2/c1-11-16(14(10-21)18(25-11)23-6-2-3-7-23)17(24)22-13-4-5-15(19)12(8-13)9-20/h2-8H,1H3,(H,22,24). The van der Waals surface area contributed by atoms with Crippen molar-refractivity contribution < 1.29 is 9.21 Å². The Balaban J connectivity index is 1.98. The van der Waals surface area contributed by atoms with Crippen LogP contribution in [0.25, 0.3) is 5.88 Å². The van der Waals surface area contributed by atoms with E-state index in [4.69, 9.17) is 21.3 Å². The van der Waals surface area contributed by atoms with Gasteiger partial charge in [0.2, 0.25) is 5.88 Å². The number of hydrogen-bond acceptors (Lipinski definition) is 4. The summed E-state index contributed by atoms with van der Waals surface area (Å²) in [4.78, 5) is 12.6. The lowest BCUT2D eigenvalue weighted by Gasteiger charge is -2.06. The van der Waals surface area contributed by atoms with Crippen LogP contribution < -0.4 is 5.32 Å². The number of aromatic nitrogens is 1. The van der Waals surface area contributed by atoms with Gasteiger partial charge in [-0.25, -0.2) is 0 Å². The highest BCUT2D eigenvalue weighted by Crippen LogP contribution is 2.27. The third-order valence-corrected chi connectivity index (χ3v) is 3.92. The van der Waals surface area contributed by atoms with E-state index in [1.54, 1.807) is 42.1 Å². The quantitative estimate of drug-likeness (QED) is 0.771. The van der Waals surface area contributed by atoms with Crippen LogP contribution in [0, 0.1) is 29.6 Å². The number of carbonyl (C=O) groups excluding carboxylic acids is 1. The monoisotopic (exact) mass is 350 g/mol. The lowest BCUT2D eigenvalue weighted by molar-refractivity contribution is 0.102. The summed E-state index contributed by atoms with van der Waals surface area (Å²) < 4.78 is 7.23. The molecular weight excluding hydrogens is 340 g/mol. The van der Waals surface area contributed by atoms with Crippen molar-refractivity contribution in [2.24, 2.45) is 0 Å². The number of nitrogens with one attached hydrogen (secondary N) is 1. The average molecular weight is 351 g/mol. The Labute approximate surface area is 148 Å². The van der Waals surface area contributed by atoms with Gasteiger partial charge in [0, 0.05) is 18.1 Å². The van der Waals surface area contributed by atoms with Gasteiger partial charge in [0.05, 0.1) is 10.6 Å². The molecule has 0 aliphatic carbocycles. The lowest BCUT2D eigenvalue weighted by Crippen LogP contribution is -2.14. The van der Waals surface area contributed by atoms with Crippen molar-refractivity contribution in [3.05, 3.63) is 70.2 Å². The van der Waals surface area contributed by atoms with Crippen molar-refractivity contribution in [1.29, 1.82) is 10.5 Å². The third kappa shape index (κ3) is 2.99. The first-order valence-electron chi connectivity index (χ1n) is 7.23. The average Bonchev–Trinajstić information content (AvgIpc) is 3.23. The summed E-state index contributed by atoms with van der Waals surface area (Å²) in [6.07, 6.45) is 3.44. The smallest absolute Gasteiger partial charge is 0.260 e. The second-order valence-electron chi connectivity index (χ2n) is 5.18. The van der Waals surface area contributed by atoms with Crippen LogP contribution in [0.15, 0.2) is 47.1 Å². The Morgan fingerprint density at radius 1 is 1.24 bits per heavy atom. The summed E-state index contributed by atoms with van der Waals surface area (Å²) in [6, 6.07) is 12.1. The molecule has 122 valence electrons. The highest BCUT2D eigenvalue weighted by atomic mass is 35.5. The maximum absolute atomic E-state index is 12.6. The van der Waals surface area contributed by atoms with Gasteiger partial charge in [-0.05, 0) is 37.3 Å². The molecule has 7 heteroatoms.